The number of aromatic nitrogens is 1. The number of nitrogens with two attached hydrogens (primary N) is 1. The first kappa shape index (κ1) is 16.4. The van der Waals surface area contributed by atoms with Crippen molar-refractivity contribution in [1.29, 1.82) is 0 Å². The quantitative estimate of drug-likeness (QED) is 0.898. The second-order valence-corrected chi connectivity index (χ2v) is 6.47. The maximum Gasteiger partial charge on any atom is 0.180 e. The minimum absolute atomic E-state index is 0. The van der Waals surface area contributed by atoms with Gasteiger partial charge in [0.05, 0.1) is 0 Å². The number of thiazole rings is 1. The van der Waals surface area contributed by atoms with E-state index in [2.05, 4.69) is 58.0 Å². The summed E-state index contributed by atoms with van der Waals surface area (Å²) < 4.78 is 1.13. The summed E-state index contributed by atoms with van der Waals surface area (Å²) in [7, 11) is 2.11. The lowest BCUT2D eigenvalue weighted by Gasteiger charge is -2.17. The van der Waals surface area contributed by atoms with Crippen LogP contribution in [0.4, 0.5) is 5.13 Å². The SMILES string of the molecule is Cc1cc(Br)ccc1CN(C)Cc1cnc(N)s1.Cl. The molecule has 0 aliphatic carbocycles. The maximum absolute atomic E-state index is 5.63. The van der Waals surface area contributed by atoms with E-state index in [1.54, 1.807) is 11.3 Å². The predicted octanol–water partition coefficient (Wildman–Crippen LogP) is 3.85. The van der Waals surface area contributed by atoms with Crippen LogP contribution in [-0.2, 0) is 13.1 Å². The summed E-state index contributed by atoms with van der Waals surface area (Å²) in [6.07, 6.45) is 1.85. The fourth-order valence-electron chi connectivity index (χ4n) is 1.85. The van der Waals surface area contributed by atoms with Crippen molar-refractivity contribution in [2.24, 2.45) is 0 Å². The molecule has 0 radical (unpaired) electrons. The van der Waals surface area contributed by atoms with Crippen molar-refractivity contribution < 1.29 is 0 Å². The second kappa shape index (κ2) is 7.24. The Kier molecular flexibility index (Phi) is 6.26. The molecule has 0 aliphatic heterocycles. The summed E-state index contributed by atoms with van der Waals surface area (Å²) in [5, 5.41) is 0.637. The van der Waals surface area contributed by atoms with Gasteiger partial charge in [0.2, 0.25) is 0 Å². The molecule has 0 amide bonds. The highest BCUT2D eigenvalue weighted by Gasteiger charge is 2.06. The van der Waals surface area contributed by atoms with Crippen molar-refractivity contribution in [3.8, 4) is 0 Å². The number of nitrogens with zero attached hydrogens (tertiary/aromatic N) is 2. The molecule has 2 rings (SSSR count). The van der Waals surface area contributed by atoms with Crippen LogP contribution in [0.15, 0.2) is 28.9 Å². The molecule has 0 saturated carbocycles. The largest absolute Gasteiger partial charge is 0.375 e. The molecule has 0 saturated heterocycles. The fraction of sp³-hybridized carbons (Fsp3) is 0.308. The van der Waals surface area contributed by atoms with Crippen LogP contribution in [0.3, 0.4) is 0 Å². The minimum atomic E-state index is 0. The molecular formula is C13H17BrClN3S. The van der Waals surface area contributed by atoms with E-state index in [-0.39, 0.29) is 12.4 Å². The smallest absolute Gasteiger partial charge is 0.180 e. The van der Waals surface area contributed by atoms with E-state index in [1.807, 2.05) is 6.20 Å². The number of anilines is 1. The summed E-state index contributed by atoms with van der Waals surface area (Å²) in [5.41, 5.74) is 8.28. The number of benzene rings is 1. The predicted molar refractivity (Wildman–Crippen MR) is 87.8 cm³/mol. The molecule has 1 aromatic carbocycles. The van der Waals surface area contributed by atoms with E-state index in [4.69, 9.17) is 5.73 Å². The van der Waals surface area contributed by atoms with Crippen LogP contribution in [0.25, 0.3) is 0 Å². The number of hydrogen-bond donors (Lipinski definition) is 1. The van der Waals surface area contributed by atoms with Gasteiger partial charge in [0, 0.05) is 28.6 Å². The molecule has 0 atom stereocenters. The van der Waals surface area contributed by atoms with Crippen LogP contribution in [-0.4, -0.2) is 16.9 Å². The molecule has 0 fully saturated rings. The molecule has 104 valence electrons. The first-order chi connectivity index (χ1) is 8.54. The molecule has 0 spiro atoms. The zero-order chi connectivity index (χ0) is 13.1. The zero-order valence-electron chi connectivity index (χ0n) is 10.9. The summed E-state index contributed by atoms with van der Waals surface area (Å²) >= 11 is 5.04. The lowest BCUT2D eigenvalue weighted by molar-refractivity contribution is 0.321. The topological polar surface area (TPSA) is 42.2 Å². The average Bonchev–Trinajstić information content (AvgIpc) is 2.68. The Morgan fingerprint density at radius 3 is 2.68 bits per heavy atom. The number of aryl methyl sites for hydroxylation is 1. The van der Waals surface area contributed by atoms with Crippen LogP contribution in [0.1, 0.15) is 16.0 Å². The standard InChI is InChI=1S/C13H16BrN3S.ClH/c1-9-5-11(14)4-3-10(9)7-17(2)8-12-6-16-13(15)18-12;/h3-6H,7-8H2,1-2H3,(H2,15,16);1H. The van der Waals surface area contributed by atoms with Crippen molar-refractivity contribution in [2.45, 2.75) is 20.0 Å². The monoisotopic (exact) mass is 361 g/mol. The lowest BCUT2D eigenvalue weighted by atomic mass is 10.1. The van der Waals surface area contributed by atoms with Gasteiger partial charge >= 0.3 is 0 Å². The molecule has 0 aliphatic rings. The molecule has 2 aromatic rings. The van der Waals surface area contributed by atoms with E-state index in [0.29, 0.717) is 5.13 Å². The van der Waals surface area contributed by atoms with E-state index >= 15 is 0 Å². The fourth-order valence-corrected chi connectivity index (χ4v) is 3.09. The van der Waals surface area contributed by atoms with E-state index in [9.17, 15) is 0 Å². The zero-order valence-corrected chi connectivity index (χ0v) is 14.1. The molecule has 6 heteroatoms. The Morgan fingerprint density at radius 2 is 2.11 bits per heavy atom. The number of nitrogen functional groups attached to an aromatic ring is 1. The summed E-state index contributed by atoms with van der Waals surface area (Å²) in [4.78, 5) is 7.54. The Balaban J connectivity index is 0.00000180. The highest BCUT2D eigenvalue weighted by molar-refractivity contribution is 9.10. The van der Waals surface area contributed by atoms with Crippen molar-refractivity contribution in [3.05, 3.63) is 44.9 Å². The molecule has 19 heavy (non-hydrogen) atoms. The third-order valence-electron chi connectivity index (χ3n) is 2.74. The van der Waals surface area contributed by atoms with Gasteiger partial charge in [-0.3, -0.25) is 4.90 Å². The average molecular weight is 363 g/mol. The highest BCUT2D eigenvalue weighted by atomic mass is 79.9. The highest BCUT2D eigenvalue weighted by Crippen LogP contribution is 2.20. The van der Waals surface area contributed by atoms with Gasteiger partial charge < -0.3 is 5.73 Å². The van der Waals surface area contributed by atoms with Crippen molar-refractivity contribution in [3.63, 3.8) is 0 Å². The second-order valence-electron chi connectivity index (χ2n) is 4.41. The van der Waals surface area contributed by atoms with Gasteiger partial charge in [-0.2, -0.15) is 0 Å². The number of halogens is 2. The van der Waals surface area contributed by atoms with Crippen LogP contribution in [0.2, 0.25) is 0 Å². The summed E-state index contributed by atoms with van der Waals surface area (Å²) in [6, 6.07) is 6.39. The maximum atomic E-state index is 5.63. The van der Waals surface area contributed by atoms with Gasteiger partial charge in [-0.15, -0.1) is 23.7 Å². The third-order valence-corrected chi connectivity index (χ3v) is 4.05. The van der Waals surface area contributed by atoms with Crippen molar-refractivity contribution in [1.82, 2.24) is 9.88 Å². The van der Waals surface area contributed by atoms with Crippen molar-refractivity contribution in [2.75, 3.05) is 12.8 Å². The van der Waals surface area contributed by atoms with Gasteiger partial charge in [0.15, 0.2) is 5.13 Å². The van der Waals surface area contributed by atoms with Crippen molar-refractivity contribution >= 4 is 44.8 Å². The molecule has 2 N–H and O–H groups in total. The lowest BCUT2D eigenvalue weighted by Crippen LogP contribution is -2.17. The van der Waals surface area contributed by atoms with E-state index in [1.165, 1.54) is 16.0 Å². The Morgan fingerprint density at radius 1 is 1.37 bits per heavy atom. The third kappa shape index (κ3) is 4.76. The van der Waals surface area contributed by atoms with Gasteiger partial charge in [-0.25, -0.2) is 4.98 Å². The Bertz CT molecular complexity index is 544. The number of hydrogen-bond acceptors (Lipinski definition) is 4. The summed E-state index contributed by atoms with van der Waals surface area (Å²) in [5.74, 6) is 0. The van der Waals surface area contributed by atoms with Crippen LogP contribution in [0.5, 0.6) is 0 Å². The first-order valence-corrected chi connectivity index (χ1v) is 7.29. The Labute approximate surface area is 132 Å². The van der Waals surface area contributed by atoms with Crippen LogP contribution >= 0.6 is 39.7 Å². The Hall–Kier alpha value is -0.620. The molecule has 1 heterocycles. The molecule has 0 bridgehead atoms. The molecule has 1 aromatic heterocycles. The van der Waals surface area contributed by atoms with Crippen LogP contribution in [0, 0.1) is 6.92 Å². The molecule has 3 nitrogen and oxygen atoms in total. The summed E-state index contributed by atoms with van der Waals surface area (Å²) in [6.45, 7) is 3.94. The van der Waals surface area contributed by atoms with Gasteiger partial charge in [-0.05, 0) is 37.2 Å². The minimum Gasteiger partial charge on any atom is -0.375 e. The first-order valence-electron chi connectivity index (χ1n) is 5.68. The van der Waals surface area contributed by atoms with Crippen LogP contribution < -0.4 is 5.73 Å². The van der Waals surface area contributed by atoms with Gasteiger partial charge in [-0.1, -0.05) is 22.0 Å². The van der Waals surface area contributed by atoms with Gasteiger partial charge in [0.1, 0.15) is 0 Å². The van der Waals surface area contributed by atoms with E-state index < -0.39 is 0 Å². The molecule has 0 unspecified atom stereocenters. The number of rotatable bonds is 4. The molecular weight excluding hydrogens is 346 g/mol. The van der Waals surface area contributed by atoms with E-state index in [0.717, 1.165) is 17.6 Å². The van der Waals surface area contributed by atoms with Gasteiger partial charge in [0.25, 0.3) is 0 Å². The normalized spacial score (nSPS) is 10.5.